The van der Waals surface area contributed by atoms with Gasteiger partial charge < -0.3 is 14.2 Å². The van der Waals surface area contributed by atoms with Crippen molar-refractivity contribution in [2.45, 2.75) is 13.3 Å². The molecule has 0 unspecified atom stereocenters. The molecule has 7 heteroatoms. The molecule has 1 amide bonds. The summed E-state index contributed by atoms with van der Waals surface area (Å²) in [7, 11) is 0. The second kappa shape index (κ2) is 8.58. The number of nitrogens with zero attached hydrogens (tertiary/aromatic N) is 1. The molecule has 0 aromatic heterocycles. The Morgan fingerprint density at radius 2 is 2.04 bits per heavy atom. The van der Waals surface area contributed by atoms with E-state index in [-0.39, 0.29) is 5.91 Å². The van der Waals surface area contributed by atoms with Gasteiger partial charge in [0.1, 0.15) is 5.75 Å². The molecule has 1 N–H and O–H groups in total. The molecule has 1 heterocycles. The summed E-state index contributed by atoms with van der Waals surface area (Å²) in [6.07, 6.45) is 2.31. The Balaban J connectivity index is 1.65. The van der Waals surface area contributed by atoms with Crippen LogP contribution in [0.5, 0.6) is 17.2 Å². The summed E-state index contributed by atoms with van der Waals surface area (Å²) >= 11 is 6.23. The van der Waals surface area contributed by atoms with Gasteiger partial charge in [-0.05, 0) is 48.9 Å². The van der Waals surface area contributed by atoms with E-state index in [0.717, 1.165) is 12.2 Å². The number of amides is 1. The fourth-order valence-corrected chi connectivity index (χ4v) is 2.70. The highest BCUT2D eigenvalue weighted by Crippen LogP contribution is 2.37. The number of carbonyl (C=O) groups excluding carboxylic acids is 1. The largest absolute Gasteiger partial charge is 0.494 e. The monoisotopic (exact) mass is 374 g/mol. The van der Waals surface area contributed by atoms with Crippen molar-refractivity contribution >= 4 is 23.7 Å². The second-order valence-electron chi connectivity index (χ2n) is 5.54. The summed E-state index contributed by atoms with van der Waals surface area (Å²) in [5.74, 6) is 1.52. The number of benzene rings is 2. The first kappa shape index (κ1) is 18.1. The van der Waals surface area contributed by atoms with Crippen molar-refractivity contribution in [3.63, 3.8) is 0 Å². The third kappa shape index (κ3) is 4.46. The topological polar surface area (TPSA) is 69.2 Å². The van der Waals surface area contributed by atoms with E-state index in [4.69, 9.17) is 25.8 Å². The van der Waals surface area contributed by atoms with E-state index in [1.54, 1.807) is 36.4 Å². The van der Waals surface area contributed by atoms with Gasteiger partial charge in [-0.2, -0.15) is 5.10 Å². The zero-order valence-corrected chi connectivity index (χ0v) is 15.1. The summed E-state index contributed by atoms with van der Waals surface area (Å²) in [4.78, 5) is 12.1. The summed E-state index contributed by atoms with van der Waals surface area (Å²) in [5.41, 5.74) is 3.67. The van der Waals surface area contributed by atoms with Crippen LogP contribution in [0.1, 0.15) is 29.3 Å². The molecular weight excluding hydrogens is 356 g/mol. The molecule has 0 radical (unpaired) electrons. The van der Waals surface area contributed by atoms with Gasteiger partial charge in [-0.15, -0.1) is 0 Å². The third-order valence-electron chi connectivity index (χ3n) is 3.63. The first-order valence-corrected chi connectivity index (χ1v) is 8.70. The highest BCUT2D eigenvalue weighted by atomic mass is 35.5. The Labute approximate surface area is 156 Å². The van der Waals surface area contributed by atoms with Gasteiger partial charge in [0.05, 0.1) is 31.1 Å². The normalized spacial score (nSPS) is 13.3. The molecule has 136 valence electrons. The van der Waals surface area contributed by atoms with Crippen LogP contribution in [0.3, 0.4) is 0 Å². The number of nitrogens with one attached hydrogen (secondary N) is 1. The van der Waals surface area contributed by atoms with E-state index < -0.39 is 0 Å². The second-order valence-corrected chi connectivity index (χ2v) is 5.94. The molecule has 0 atom stereocenters. The van der Waals surface area contributed by atoms with Crippen LogP contribution in [0.15, 0.2) is 41.5 Å². The molecule has 3 rings (SSSR count). The number of carbonyl (C=O) groups is 1. The number of ether oxygens (including phenoxy) is 3. The molecule has 0 bridgehead atoms. The van der Waals surface area contributed by atoms with Crippen LogP contribution in [0.4, 0.5) is 0 Å². The van der Waals surface area contributed by atoms with E-state index >= 15 is 0 Å². The maximum absolute atomic E-state index is 12.1. The molecule has 1 aliphatic heterocycles. The predicted molar refractivity (Wildman–Crippen MR) is 99.7 cm³/mol. The molecule has 2 aromatic rings. The number of halogens is 1. The number of fused-ring (bicyclic) bond motifs is 1. The van der Waals surface area contributed by atoms with Crippen molar-refractivity contribution in [2.24, 2.45) is 5.10 Å². The summed E-state index contributed by atoms with van der Waals surface area (Å²) < 4.78 is 16.6. The average Bonchev–Trinajstić information content (AvgIpc) is 2.88. The molecule has 0 fully saturated rings. The van der Waals surface area contributed by atoms with Crippen LogP contribution in [-0.2, 0) is 0 Å². The van der Waals surface area contributed by atoms with Gasteiger partial charge in [0, 0.05) is 12.0 Å². The minimum absolute atomic E-state index is 0.315. The van der Waals surface area contributed by atoms with Gasteiger partial charge in [0.15, 0.2) is 11.5 Å². The van der Waals surface area contributed by atoms with E-state index in [1.807, 2.05) is 6.92 Å². The maximum Gasteiger partial charge on any atom is 0.271 e. The van der Waals surface area contributed by atoms with Crippen molar-refractivity contribution in [2.75, 3.05) is 19.8 Å². The lowest BCUT2D eigenvalue weighted by molar-refractivity contribution is 0.0955. The SMILES string of the molecule is CCOc1ccc(C(=O)N/N=C\c2cc(Cl)c3c(c2)OCCCO3)cc1. The fourth-order valence-electron chi connectivity index (χ4n) is 2.42. The van der Waals surface area contributed by atoms with Crippen LogP contribution < -0.4 is 19.6 Å². The highest BCUT2D eigenvalue weighted by Gasteiger charge is 2.15. The predicted octanol–water partition coefficient (Wildman–Crippen LogP) is 3.66. The van der Waals surface area contributed by atoms with Crippen molar-refractivity contribution in [3.05, 3.63) is 52.5 Å². The molecule has 0 aliphatic carbocycles. The molecule has 1 aliphatic rings. The third-order valence-corrected chi connectivity index (χ3v) is 3.91. The van der Waals surface area contributed by atoms with E-state index in [9.17, 15) is 4.79 Å². The van der Waals surface area contributed by atoms with Gasteiger partial charge in [0.25, 0.3) is 5.91 Å². The number of hydrogen-bond donors (Lipinski definition) is 1. The Hall–Kier alpha value is -2.73. The summed E-state index contributed by atoms with van der Waals surface area (Å²) in [6, 6.07) is 10.3. The quantitative estimate of drug-likeness (QED) is 0.640. The first-order chi connectivity index (χ1) is 12.7. The Morgan fingerprint density at radius 3 is 2.81 bits per heavy atom. The smallest absolute Gasteiger partial charge is 0.271 e. The minimum atomic E-state index is -0.315. The Morgan fingerprint density at radius 1 is 1.27 bits per heavy atom. The van der Waals surface area contributed by atoms with Crippen LogP contribution in [0.2, 0.25) is 5.02 Å². The van der Waals surface area contributed by atoms with Crippen molar-refractivity contribution in [3.8, 4) is 17.2 Å². The summed E-state index contributed by atoms with van der Waals surface area (Å²) in [5, 5.41) is 4.43. The van der Waals surface area contributed by atoms with Crippen LogP contribution >= 0.6 is 11.6 Å². The van der Waals surface area contributed by atoms with Gasteiger partial charge >= 0.3 is 0 Å². The highest BCUT2D eigenvalue weighted by molar-refractivity contribution is 6.32. The lowest BCUT2D eigenvalue weighted by Gasteiger charge is -2.09. The van der Waals surface area contributed by atoms with Crippen LogP contribution in [0.25, 0.3) is 0 Å². The van der Waals surface area contributed by atoms with Crippen molar-refractivity contribution in [1.29, 1.82) is 0 Å². The lowest BCUT2D eigenvalue weighted by Crippen LogP contribution is -2.17. The van der Waals surface area contributed by atoms with Gasteiger partial charge in [0.2, 0.25) is 0 Å². The molecule has 0 saturated carbocycles. The molecule has 0 saturated heterocycles. The van der Waals surface area contributed by atoms with Gasteiger partial charge in [-0.3, -0.25) is 4.79 Å². The average molecular weight is 375 g/mol. The first-order valence-electron chi connectivity index (χ1n) is 8.33. The van der Waals surface area contributed by atoms with Crippen LogP contribution in [0, 0.1) is 0 Å². The lowest BCUT2D eigenvalue weighted by atomic mass is 10.2. The van der Waals surface area contributed by atoms with E-state index in [1.165, 1.54) is 6.21 Å². The number of hydrogen-bond acceptors (Lipinski definition) is 5. The zero-order valence-electron chi connectivity index (χ0n) is 14.3. The van der Waals surface area contributed by atoms with E-state index in [2.05, 4.69) is 10.5 Å². The molecule has 26 heavy (non-hydrogen) atoms. The maximum atomic E-state index is 12.1. The van der Waals surface area contributed by atoms with Gasteiger partial charge in [-0.1, -0.05) is 11.6 Å². The number of hydrazone groups is 1. The molecule has 6 nitrogen and oxygen atoms in total. The fraction of sp³-hybridized carbons (Fsp3) is 0.263. The Bertz CT molecular complexity index is 806. The van der Waals surface area contributed by atoms with Gasteiger partial charge in [-0.25, -0.2) is 5.43 Å². The van der Waals surface area contributed by atoms with Crippen molar-refractivity contribution < 1.29 is 19.0 Å². The van der Waals surface area contributed by atoms with E-state index in [0.29, 0.717) is 47.5 Å². The standard InChI is InChI=1S/C19H19ClN2O4/c1-2-24-15-6-4-14(5-7-15)19(23)22-21-12-13-10-16(20)18-17(11-13)25-8-3-9-26-18/h4-7,10-12H,2-3,8-9H2,1H3,(H,22,23)/b21-12-. The Kier molecular flexibility index (Phi) is 5.96. The minimum Gasteiger partial charge on any atom is -0.494 e. The number of rotatable bonds is 5. The van der Waals surface area contributed by atoms with Crippen LogP contribution in [-0.4, -0.2) is 31.9 Å². The zero-order chi connectivity index (χ0) is 18.4. The summed E-state index contributed by atoms with van der Waals surface area (Å²) in [6.45, 7) is 3.62. The van der Waals surface area contributed by atoms with Crippen molar-refractivity contribution in [1.82, 2.24) is 5.43 Å². The molecule has 2 aromatic carbocycles. The molecule has 0 spiro atoms. The molecular formula is C19H19ClN2O4.